The Hall–Kier alpha value is -1.09. The van der Waals surface area contributed by atoms with E-state index >= 15 is 0 Å². The largest absolute Gasteiger partial charge is 0.481 e. The highest BCUT2D eigenvalue weighted by Crippen LogP contribution is 2.63. The molecule has 2 fully saturated rings. The van der Waals surface area contributed by atoms with Crippen molar-refractivity contribution < 1.29 is 15.0 Å². The summed E-state index contributed by atoms with van der Waals surface area (Å²) in [6.45, 7) is 13.8. The molecule has 2 aliphatic rings. The molecule has 2 aliphatic carbocycles. The molecule has 0 aromatic carbocycles. The van der Waals surface area contributed by atoms with E-state index in [9.17, 15) is 15.0 Å². The molecular formula is C20H32O3. The Balaban J connectivity index is 2.36. The van der Waals surface area contributed by atoms with Crippen LogP contribution >= 0.6 is 0 Å². The molecule has 3 heteroatoms. The van der Waals surface area contributed by atoms with Gasteiger partial charge in [-0.05, 0) is 69.6 Å². The minimum atomic E-state index is -0.733. The van der Waals surface area contributed by atoms with Crippen molar-refractivity contribution in [2.45, 2.75) is 71.3 Å². The number of carboxylic acid groups (broad SMARTS) is 1. The van der Waals surface area contributed by atoms with Gasteiger partial charge >= 0.3 is 5.97 Å². The number of carboxylic acids is 1. The van der Waals surface area contributed by atoms with Crippen molar-refractivity contribution in [2.24, 2.45) is 22.7 Å². The van der Waals surface area contributed by atoms with Gasteiger partial charge in [-0.1, -0.05) is 38.2 Å². The average Bonchev–Trinajstić information content (AvgIpc) is 2.45. The van der Waals surface area contributed by atoms with E-state index in [1.807, 2.05) is 13.8 Å². The van der Waals surface area contributed by atoms with Crippen molar-refractivity contribution in [3.8, 4) is 0 Å². The Kier molecular flexibility index (Phi) is 4.83. The van der Waals surface area contributed by atoms with E-state index in [4.69, 9.17) is 0 Å². The van der Waals surface area contributed by atoms with Crippen LogP contribution in [0, 0.1) is 22.7 Å². The Labute approximate surface area is 140 Å². The molecule has 0 radical (unpaired) electrons. The maximum absolute atomic E-state index is 12.0. The number of fused-ring (bicyclic) bond motifs is 1. The van der Waals surface area contributed by atoms with Gasteiger partial charge in [-0.15, -0.1) is 0 Å². The predicted molar refractivity (Wildman–Crippen MR) is 93.1 cm³/mol. The first-order chi connectivity index (χ1) is 10.6. The van der Waals surface area contributed by atoms with Crippen LogP contribution in [0.15, 0.2) is 24.8 Å². The van der Waals surface area contributed by atoms with Crippen LogP contribution in [0.3, 0.4) is 0 Å². The van der Waals surface area contributed by atoms with Crippen LogP contribution in [-0.2, 0) is 4.79 Å². The zero-order chi connectivity index (χ0) is 17.5. The van der Waals surface area contributed by atoms with Crippen molar-refractivity contribution in [2.75, 3.05) is 0 Å². The lowest BCUT2D eigenvalue weighted by Gasteiger charge is -2.60. The fourth-order valence-corrected chi connectivity index (χ4v) is 5.63. The molecule has 5 atom stereocenters. The number of hydrogen-bond acceptors (Lipinski definition) is 2. The Morgan fingerprint density at radius 1 is 1.26 bits per heavy atom. The van der Waals surface area contributed by atoms with Gasteiger partial charge in [0.1, 0.15) is 0 Å². The Bertz CT molecular complexity index is 507. The third kappa shape index (κ3) is 3.00. The number of carbonyl (C=O) groups is 1. The maximum Gasteiger partial charge on any atom is 0.309 e. The van der Waals surface area contributed by atoms with E-state index in [0.29, 0.717) is 6.42 Å². The highest BCUT2D eigenvalue weighted by atomic mass is 16.4. The molecule has 23 heavy (non-hydrogen) atoms. The summed E-state index contributed by atoms with van der Waals surface area (Å²) in [5.41, 5.74) is -0.543. The van der Waals surface area contributed by atoms with Crippen molar-refractivity contribution in [3.63, 3.8) is 0 Å². The summed E-state index contributed by atoms with van der Waals surface area (Å²) in [6.07, 6.45) is 7.59. The summed E-state index contributed by atoms with van der Waals surface area (Å²) < 4.78 is 0. The Morgan fingerprint density at radius 3 is 2.48 bits per heavy atom. The summed E-state index contributed by atoms with van der Waals surface area (Å²) in [5.74, 6) is -0.447. The van der Waals surface area contributed by atoms with E-state index in [1.165, 1.54) is 0 Å². The zero-order valence-corrected chi connectivity index (χ0v) is 14.9. The molecule has 0 aromatic heterocycles. The van der Waals surface area contributed by atoms with Crippen molar-refractivity contribution in [1.82, 2.24) is 0 Å². The molecule has 0 saturated heterocycles. The molecule has 0 aliphatic heterocycles. The Morgan fingerprint density at radius 2 is 1.91 bits per heavy atom. The van der Waals surface area contributed by atoms with Gasteiger partial charge < -0.3 is 10.2 Å². The first-order valence-electron chi connectivity index (χ1n) is 8.84. The fourth-order valence-electron chi connectivity index (χ4n) is 5.63. The molecule has 0 spiro atoms. The number of rotatable bonds is 5. The SMILES string of the molecule is C=CC(=C)CC[C@H]1[C@@]2(C)CCC[C@@](C)(C(=O)O)[C@H]2CC[C@]1(C)O. The summed E-state index contributed by atoms with van der Waals surface area (Å²) in [4.78, 5) is 12.0. The molecule has 0 aromatic rings. The molecule has 2 rings (SSSR count). The molecule has 2 saturated carbocycles. The third-order valence-electron chi connectivity index (χ3n) is 6.99. The van der Waals surface area contributed by atoms with Gasteiger partial charge in [0.05, 0.1) is 11.0 Å². The van der Waals surface area contributed by atoms with Crippen LogP contribution in [0.2, 0.25) is 0 Å². The number of hydrogen-bond donors (Lipinski definition) is 2. The van der Waals surface area contributed by atoms with Crippen molar-refractivity contribution in [1.29, 1.82) is 0 Å². The molecule has 0 amide bonds. The van der Waals surface area contributed by atoms with Crippen LogP contribution in [0.1, 0.15) is 65.7 Å². The number of aliphatic carboxylic acids is 1. The minimum Gasteiger partial charge on any atom is -0.481 e. The van der Waals surface area contributed by atoms with E-state index in [-0.39, 0.29) is 17.3 Å². The first-order valence-corrected chi connectivity index (χ1v) is 8.84. The maximum atomic E-state index is 12.0. The van der Waals surface area contributed by atoms with Crippen molar-refractivity contribution >= 4 is 5.97 Å². The van der Waals surface area contributed by atoms with E-state index in [2.05, 4.69) is 20.1 Å². The van der Waals surface area contributed by atoms with Gasteiger partial charge in [-0.25, -0.2) is 0 Å². The third-order valence-corrected chi connectivity index (χ3v) is 6.99. The molecular weight excluding hydrogens is 288 g/mol. The normalized spacial score (nSPS) is 43.5. The highest BCUT2D eigenvalue weighted by Gasteiger charge is 2.60. The van der Waals surface area contributed by atoms with Crippen LogP contribution in [-0.4, -0.2) is 21.8 Å². The van der Waals surface area contributed by atoms with Gasteiger partial charge in [0.15, 0.2) is 0 Å². The number of allylic oxidation sites excluding steroid dienone is 2. The van der Waals surface area contributed by atoms with Crippen LogP contribution in [0.5, 0.6) is 0 Å². The summed E-state index contributed by atoms with van der Waals surface area (Å²) in [5, 5.41) is 20.9. The lowest BCUT2D eigenvalue weighted by molar-refractivity contribution is -0.190. The van der Waals surface area contributed by atoms with E-state index < -0.39 is 17.0 Å². The minimum absolute atomic E-state index is 0.101. The summed E-state index contributed by atoms with van der Waals surface area (Å²) >= 11 is 0. The summed E-state index contributed by atoms with van der Waals surface area (Å²) in [7, 11) is 0. The van der Waals surface area contributed by atoms with E-state index in [1.54, 1.807) is 6.08 Å². The van der Waals surface area contributed by atoms with Crippen LogP contribution < -0.4 is 0 Å². The molecule has 130 valence electrons. The molecule has 0 bridgehead atoms. The lowest BCUT2D eigenvalue weighted by atomic mass is 9.44. The second-order valence-electron chi connectivity index (χ2n) is 8.48. The van der Waals surface area contributed by atoms with Gasteiger partial charge in [0.2, 0.25) is 0 Å². The molecule has 3 nitrogen and oxygen atoms in total. The smallest absolute Gasteiger partial charge is 0.309 e. The summed E-state index contributed by atoms with van der Waals surface area (Å²) in [6, 6.07) is 0. The van der Waals surface area contributed by atoms with Gasteiger partial charge in [-0.3, -0.25) is 4.79 Å². The fraction of sp³-hybridized carbons (Fsp3) is 0.750. The van der Waals surface area contributed by atoms with Crippen LogP contribution in [0.4, 0.5) is 0 Å². The number of aliphatic hydroxyl groups is 1. The van der Waals surface area contributed by atoms with Gasteiger partial charge in [-0.2, -0.15) is 0 Å². The molecule has 2 N–H and O–H groups in total. The first kappa shape index (κ1) is 18.3. The second kappa shape index (κ2) is 6.08. The quantitative estimate of drug-likeness (QED) is 0.730. The standard InChI is InChI=1S/C20H32O3/c1-6-14(2)8-9-16-18(3)11-7-12-19(4,17(21)22)15(18)10-13-20(16,5)23/h6,15-16,23H,1-2,7-13H2,3-5H3,(H,21,22)/t15-,16-,18-,19+,20-/m0/s1. The highest BCUT2D eigenvalue weighted by molar-refractivity contribution is 5.75. The van der Waals surface area contributed by atoms with Crippen LogP contribution in [0.25, 0.3) is 0 Å². The second-order valence-corrected chi connectivity index (χ2v) is 8.48. The van der Waals surface area contributed by atoms with Gasteiger partial charge in [0.25, 0.3) is 0 Å². The molecule has 0 unspecified atom stereocenters. The average molecular weight is 320 g/mol. The lowest BCUT2D eigenvalue weighted by Crippen LogP contribution is -2.59. The monoisotopic (exact) mass is 320 g/mol. The van der Waals surface area contributed by atoms with E-state index in [0.717, 1.165) is 44.1 Å². The van der Waals surface area contributed by atoms with Crippen molar-refractivity contribution in [3.05, 3.63) is 24.8 Å². The topological polar surface area (TPSA) is 57.5 Å². The molecule has 0 heterocycles. The predicted octanol–water partition coefficient (Wildman–Crippen LogP) is 4.57. The van der Waals surface area contributed by atoms with Gasteiger partial charge in [0, 0.05) is 0 Å². The zero-order valence-electron chi connectivity index (χ0n) is 14.9.